The number of esters is 1. The molecule has 202 valence electrons. The van der Waals surface area contributed by atoms with Crippen LogP contribution < -0.4 is 0 Å². The molecule has 3 heterocycles. The minimum absolute atomic E-state index is 0.119. The van der Waals surface area contributed by atoms with Crippen molar-refractivity contribution in [2.24, 2.45) is 5.92 Å². The number of carbonyl (C=O) groups excluding carboxylic acids is 1. The Bertz CT molecular complexity index is 1370. The number of aromatic nitrogens is 4. The number of hydrogen-bond donors (Lipinski definition) is 0. The highest BCUT2D eigenvalue weighted by atomic mass is 35.5. The number of aryl methyl sites for hydroxylation is 1. The van der Waals surface area contributed by atoms with Gasteiger partial charge in [0.2, 0.25) is 0 Å². The van der Waals surface area contributed by atoms with Gasteiger partial charge in [-0.05, 0) is 81.7 Å². The molecule has 0 radical (unpaired) electrons. The van der Waals surface area contributed by atoms with E-state index in [-0.39, 0.29) is 12.0 Å². The molecule has 38 heavy (non-hydrogen) atoms. The Hall–Kier alpha value is -2.48. The number of hydrogen-bond acceptors (Lipinski definition) is 6. The van der Waals surface area contributed by atoms with Crippen LogP contribution in [0.5, 0.6) is 0 Å². The van der Waals surface area contributed by atoms with Gasteiger partial charge in [0.05, 0.1) is 30.7 Å². The number of rotatable bonds is 7. The number of likely N-dealkylation sites (tertiary alicyclic amines) is 1. The quantitative estimate of drug-likeness (QED) is 0.304. The van der Waals surface area contributed by atoms with E-state index in [2.05, 4.69) is 24.8 Å². The first-order valence-corrected chi connectivity index (χ1v) is 14.2. The lowest BCUT2D eigenvalue weighted by atomic mass is 9.83. The summed E-state index contributed by atoms with van der Waals surface area (Å²) in [4.78, 5) is 24.2. The van der Waals surface area contributed by atoms with Gasteiger partial charge in [-0.15, -0.1) is 0 Å². The highest BCUT2D eigenvalue weighted by Gasteiger charge is 2.35. The Balaban J connectivity index is 1.38. The predicted octanol–water partition coefficient (Wildman–Crippen LogP) is 6.65. The van der Waals surface area contributed by atoms with E-state index in [1.54, 1.807) is 6.07 Å². The van der Waals surface area contributed by atoms with E-state index in [0.717, 1.165) is 60.3 Å². The van der Waals surface area contributed by atoms with Crippen molar-refractivity contribution in [3.8, 4) is 0 Å². The van der Waals surface area contributed by atoms with Gasteiger partial charge in [-0.25, -0.2) is 14.6 Å². The number of methoxy groups -OCH3 is 1. The summed E-state index contributed by atoms with van der Waals surface area (Å²) in [5.74, 6) is 0.358. The molecule has 1 unspecified atom stereocenters. The fourth-order valence-electron chi connectivity index (χ4n) is 6.17. The monoisotopic (exact) mass is 555 g/mol. The van der Waals surface area contributed by atoms with Gasteiger partial charge < -0.3 is 4.74 Å². The molecular formula is C29H35Cl2N5O2. The van der Waals surface area contributed by atoms with Crippen molar-refractivity contribution in [2.45, 2.75) is 77.4 Å². The maximum Gasteiger partial charge on any atom is 0.305 e. The molecule has 4 atom stereocenters. The van der Waals surface area contributed by atoms with E-state index in [9.17, 15) is 4.79 Å². The summed E-state index contributed by atoms with van der Waals surface area (Å²) < 4.78 is 6.79. The maximum absolute atomic E-state index is 11.7. The molecule has 0 saturated carbocycles. The van der Waals surface area contributed by atoms with E-state index in [1.807, 2.05) is 29.9 Å². The summed E-state index contributed by atoms with van der Waals surface area (Å²) in [5, 5.41) is 6.00. The zero-order valence-corrected chi connectivity index (χ0v) is 24.0. The molecule has 2 aliphatic rings. The van der Waals surface area contributed by atoms with Crippen molar-refractivity contribution < 1.29 is 9.53 Å². The van der Waals surface area contributed by atoms with Gasteiger partial charge in [-0.1, -0.05) is 42.3 Å². The first kappa shape index (κ1) is 27.1. The lowest BCUT2D eigenvalue weighted by Crippen LogP contribution is -2.44. The van der Waals surface area contributed by atoms with E-state index < -0.39 is 0 Å². The Morgan fingerprint density at radius 2 is 2.11 bits per heavy atom. The van der Waals surface area contributed by atoms with Crippen molar-refractivity contribution in [3.63, 3.8) is 0 Å². The molecule has 0 N–H and O–H groups in total. The highest BCUT2D eigenvalue weighted by molar-refractivity contribution is 6.35. The Morgan fingerprint density at radius 3 is 2.84 bits per heavy atom. The molecule has 1 fully saturated rings. The van der Waals surface area contributed by atoms with Crippen LogP contribution in [0.1, 0.15) is 75.4 Å². The molecule has 9 heteroatoms. The number of benzene rings is 1. The fraction of sp³-hybridized carbons (Fsp3) is 0.517. The molecule has 1 saturated heterocycles. The predicted molar refractivity (Wildman–Crippen MR) is 151 cm³/mol. The number of ether oxygens (including phenoxy) is 1. The second-order valence-electron chi connectivity index (χ2n) is 10.7. The number of allylic oxidation sites excluding steroid dienone is 1. The first-order chi connectivity index (χ1) is 18.3. The summed E-state index contributed by atoms with van der Waals surface area (Å²) in [5.41, 5.74) is 5.48. The van der Waals surface area contributed by atoms with Crippen LogP contribution in [-0.2, 0) is 9.53 Å². The summed E-state index contributed by atoms with van der Waals surface area (Å²) in [6.45, 7) is 7.45. The normalized spacial score (nSPS) is 23.0. The summed E-state index contributed by atoms with van der Waals surface area (Å²) in [7, 11) is 1.46. The molecule has 2 aromatic heterocycles. The second kappa shape index (κ2) is 11.3. The third kappa shape index (κ3) is 5.33. The molecule has 1 aromatic carbocycles. The summed E-state index contributed by atoms with van der Waals surface area (Å²) >= 11 is 12.6. The number of carbonyl (C=O) groups is 1. The van der Waals surface area contributed by atoms with Crippen LogP contribution in [0.25, 0.3) is 16.7 Å². The summed E-state index contributed by atoms with van der Waals surface area (Å²) in [6, 6.07) is 6.35. The zero-order valence-electron chi connectivity index (χ0n) is 22.5. The van der Waals surface area contributed by atoms with Crippen LogP contribution in [0.15, 0.2) is 30.5 Å². The first-order valence-electron chi connectivity index (χ1n) is 13.5. The van der Waals surface area contributed by atoms with E-state index in [1.165, 1.54) is 19.1 Å². The lowest BCUT2D eigenvalue weighted by Gasteiger charge is -2.39. The number of nitrogens with zero attached hydrogens (tertiary/aromatic N) is 5. The minimum Gasteiger partial charge on any atom is -0.469 e. The largest absolute Gasteiger partial charge is 0.469 e. The van der Waals surface area contributed by atoms with Crippen LogP contribution in [0.3, 0.4) is 0 Å². The number of fused-ring (bicyclic) bond motifs is 1. The molecule has 3 aromatic rings. The van der Waals surface area contributed by atoms with Crippen LogP contribution in [0.4, 0.5) is 0 Å². The average molecular weight is 557 g/mol. The van der Waals surface area contributed by atoms with Gasteiger partial charge in [0.25, 0.3) is 0 Å². The van der Waals surface area contributed by atoms with Gasteiger partial charge in [-0.3, -0.25) is 9.69 Å². The Labute approximate surface area is 234 Å². The number of halogens is 2. The standard InChI is InChI=1S/C29H35Cl2N5O2/c1-17-14-20(7-11-26(17)35-13-5-6-22(35)9-12-27(37)38-4)25-16-32-28-18(2)34-36(29(28)33-25)19(3)23-10-8-21(30)15-24(23)31/h7-8,10,15-17,19,22,26H,5-6,9,11-14H2,1-4H3/t17-,19?,22+,26+/m1/s1. The molecule has 7 nitrogen and oxygen atoms in total. The van der Waals surface area contributed by atoms with Gasteiger partial charge in [0.15, 0.2) is 5.65 Å². The van der Waals surface area contributed by atoms with Gasteiger partial charge in [-0.2, -0.15) is 5.10 Å². The fourth-order valence-corrected chi connectivity index (χ4v) is 6.74. The second-order valence-corrected chi connectivity index (χ2v) is 11.5. The van der Waals surface area contributed by atoms with Gasteiger partial charge in [0, 0.05) is 28.5 Å². The topological polar surface area (TPSA) is 73.1 Å². The average Bonchev–Trinajstić information content (AvgIpc) is 3.50. The van der Waals surface area contributed by atoms with E-state index in [0.29, 0.717) is 34.5 Å². The maximum atomic E-state index is 11.7. The van der Waals surface area contributed by atoms with Crippen LogP contribution in [0.2, 0.25) is 10.0 Å². The van der Waals surface area contributed by atoms with Gasteiger partial charge >= 0.3 is 5.97 Å². The zero-order chi connectivity index (χ0) is 27.0. The van der Waals surface area contributed by atoms with Crippen LogP contribution in [0, 0.1) is 12.8 Å². The summed E-state index contributed by atoms with van der Waals surface area (Å²) in [6.07, 6.45) is 9.83. The van der Waals surface area contributed by atoms with Crippen LogP contribution >= 0.6 is 23.2 Å². The Kier molecular flexibility index (Phi) is 8.08. The van der Waals surface area contributed by atoms with Gasteiger partial charge in [0.1, 0.15) is 5.52 Å². The van der Waals surface area contributed by atoms with Crippen molar-refractivity contribution in [3.05, 3.63) is 57.5 Å². The molecular weight excluding hydrogens is 521 g/mol. The molecule has 5 rings (SSSR count). The van der Waals surface area contributed by atoms with Crippen molar-refractivity contribution in [1.82, 2.24) is 24.6 Å². The lowest BCUT2D eigenvalue weighted by molar-refractivity contribution is -0.141. The molecule has 1 aliphatic heterocycles. The molecule has 0 spiro atoms. The minimum atomic E-state index is -0.124. The molecule has 1 aliphatic carbocycles. The third-order valence-electron chi connectivity index (χ3n) is 8.24. The van der Waals surface area contributed by atoms with E-state index in [4.69, 9.17) is 43.0 Å². The van der Waals surface area contributed by atoms with Crippen molar-refractivity contribution in [1.29, 1.82) is 0 Å². The van der Waals surface area contributed by atoms with Crippen molar-refractivity contribution in [2.75, 3.05) is 13.7 Å². The van der Waals surface area contributed by atoms with E-state index >= 15 is 0 Å². The molecule has 0 bridgehead atoms. The SMILES string of the molecule is COC(=O)CC[C@@H]1CCCN1[C@H]1CC=C(c2cnc3c(C)nn(C(C)c4ccc(Cl)cc4Cl)c3n2)C[C@H]1C. The Morgan fingerprint density at radius 1 is 1.29 bits per heavy atom. The van der Waals surface area contributed by atoms with Crippen molar-refractivity contribution >= 4 is 45.9 Å². The smallest absolute Gasteiger partial charge is 0.305 e. The molecule has 0 amide bonds. The van der Waals surface area contributed by atoms with Crippen LogP contribution in [-0.4, -0.2) is 56.4 Å². The highest BCUT2D eigenvalue weighted by Crippen LogP contribution is 2.37. The third-order valence-corrected chi connectivity index (χ3v) is 8.80.